The van der Waals surface area contributed by atoms with Crippen LogP contribution in [0.15, 0.2) is 54.9 Å². The van der Waals surface area contributed by atoms with Crippen LogP contribution in [-0.4, -0.2) is 30.6 Å². The molecule has 1 atom stereocenters. The number of benzene rings is 1. The van der Waals surface area contributed by atoms with Crippen LogP contribution in [0.5, 0.6) is 0 Å². The molecule has 3 heterocycles. The first-order chi connectivity index (χ1) is 14.5. The number of nitrogens with one attached hydrogen (secondary N) is 2. The van der Waals surface area contributed by atoms with E-state index < -0.39 is 0 Å². The van der Waals surface area contributed by atoms with Crippen LogP contribution in [0.3, 0.4) is 0 Å². The Hall–Kier alpha value is -3.48. The lowest BCUT2D eigenvalue weighted by atomic mass is 10.0. The Bertz CT molecular complexity index is 1160. The molecule has 0 spiro atoms. The Morgan fingerprint density at radius 1 is 1.10 bits per heavy atom. The number of nitrogens with zero attached hydrogens (tertiary/aromatic N) is 4. The summed E-state index contributed by atoms with van der Waals surface area (Å²) < 4.78 is 2.20. The molecule has 30 heavy (non-hydrogen) atoms. The number of H-pyrrole nitrogens is 1. The highest BCUT2D eigenvalue weighted by Gasteiger charge is 2.27. The fourth-order valence-electron chi connectivity index (χ4n) is 3.67. The van der Waals surface area contributed by atoms with E-state index in [4.69, 9.17) is 4.98 Å². The van der Waals surface area contributed by atoms with Crippen molar-refractivity contribution in [3.8, 4) is 11.3 Å². The summed E-state index contributed by atoms with van der Waals surface area (Å²) in [7, 11) is 0. The van der Waals surface area contributed by atoms with Crippen molar-refractivity contribution < 1.29 is 4.79 Å². The van der Waals surface area contributed by atoms with E-state index in [0.717, 1.165) is 22.4 Å². The topological polar surface area (TPSA) is 88.5 Å². The van der Waals surface area contributed by atoms with Crippen LogP contribution in [0.25, 0.3) is 22.3 Å². The standard InChI is InChI=1S/C23H26N6O/c1-14(2)21(22-25-17-9-5-6-10-20(17)29(22)15(3)4)26-23(30)19-12-18(27-28-19)16-8-7-11-24-13-16/h5-15,21H,1-4H3,(H,26,30)(H,27,28)/t21-/m0/s1. The van der Waals surface area contributed by atoms with Crippen LogP contribution in [0, 0.1) is 5.92 Å². The average Bonchev–Trinajstić information content (AvgIpc) is 3.37. The summed E-state index contributed by atoms with van der Waals surface area (Å²) in [5.41, 5.74) is 3.95. The molecule has 0 unspecified atom stereocenters. The number of imidazole rings is 1. The molecule has 0 fully saturated rings. The first-order valence-corrected chi connectivity index (χ1v) is 10.2. The molecule has 0 saturated heterocycles. The van der Waals surface area contributed by atoms with E-state index in [2.05, 4.69) is 58.8 Å². The highest BCUT2D eigenvalue weighted by atomic mass is 16.2. The Kier molecular flexibility index (Phi) is 5.35. The summed E-state index contributed by atoms with van der Waals surface area (Å²) in [6.45, 7) is 8.43. The Morgan fingerprint density at radius 3 is 2.60 bits per heavy atom. The van der Waals surface area contributed by atoms with Crippen LogP contribution in [0.1, 0.15) is 56.1 Å². The zero-order valence-electron chi connectivity index (χ0n) is 17.6. The van der Waals surface area contributed by atoms with Gasteiger partial charge in [0.25, 0.3) is 5.91 Å². The third-order valence-corrected chi connectivity index (χ3v) is 5.15. The Morgan fingerprint density at radius 2 is 1.90 bits per heavy atom. The van der Waals surface area contributed by atoms with Crippen LogP contribution in [0.4, 0.5) is 0 Å². The van der Waals surface area contributed by atoms with E-state index in [1.54, 1.807) is 18.5 Å². The second-order valence-electron chi connectivity index (χ2n) is 8.03. The first-order valence-electron chi connectivity index (χ1n) is 10.2. The zero-order chi connectivity index (χ0) is 21.3. The number of rotatable bonds is 6. The van der Waals surface area contributed by atoms with Gasteiger partial charge < -0.3 is 9.88 Å². The van der Waals surface area contributed by atoms with E-state index in [9.17, 15) is 4.79 Å². The third-order valence-electron chi connectivity index (χ3n) is 5.15. The maximum Gasteiger partial charge on any atom is 0.269 e. The van der Waals surface area contributed by atoms with Gasteiger partial charge in [0, 0.05) is 24.0 Å². The molecule has 7 heteroatoms. The lowest BCUT2D eigenvalue weighted by Crippen LogP contribution is -2.34. The predicted octanol–water partition coefficient (Wildman–Crippen LogP) is 4.53. The minimum Gasteiger partial charge on any atom is -0.340 e. The molecule has 154 valence electrons. The quantitative estimate of drug-likeness (QED) is 0.496. The SMILES string of the molecule is CC(C)[C@H](NC(=O)c1cc(-c2cccnc2)n[nH]1)c1nc2ccccc2n1C(C)C. The number of amides is 1. The largest absolute Gasteiger partial charge is 0.340 e. The highest BCUT2D eigenvalue weighted by molar-refractivity contribution is 5.93. The minimum atomic E-state index is -0.238. The van der Waals surface area contributed by atoms with Gasteiger partial charge in [0.1, 0.15) is 11.5 Å². The molecule has 0 aliphatic heterocycles. The summed E-state index contributed by atoms with van der Waals surface area (Å²) in [5, 5.41) is 10.3. The maximum atomic E-state index is 13.0. The molecule has 1 aromatic carbocycles. The summed E-state index contributed by atoms with van der Waals surface area (Å²) in [6, 6.07) is 13.5. The second kappa shape index (κ2) is 8.10. The van der Waals surface area contributed by atoms with Crippen LogP contribution in [0.2, 0.25) is 0 Å². The molecule has 2 N–H and O–H groups in total. The van der Waals surface area contributed by atoms with E-state index in [-0.39, 0.29) is 23.9 Å². The van der Waals surface area contributed by atoms with Crippen molar-refractivity contribution in [1.82, 2.24) is 30.0 Å². The van der Waals surface area contributed by atoms with Crippen molar-refractivity contribution >= 4 is 16.9 Å². The minimum absolute atomic E-state index is 0.156. The van der Waals surface area contributed by atoms with Gasteiger partial charge in [0.05, 0.1) is 22.8 Å². The van der Waals surface area contributed by atoms with Gasteiger partial charge in [0.2, 0.25) is 0 Å². The Labute approximate surface area is 175 Å². The predicted molar refractivity (Wildman–Crippen MR) is 117 cm³/mol. The number of para-hydroxylation sites is 2. The highest BCUT2D eigenvalue weighted by Crippen LogP contribution is 2.29. The molecule has 4 aromatic rings. The number of pyridine rings is 1. The Balaban J connectivity index is 1.65. The molecule has 0 bridgehead atoms. The van der Waals surface area contributed by atoms with E-state index in [1.165, 1.54) is 0 Å². The summed E-state index contributed by atoms with van der Waals surface area (Å²) in [5.74, 6) is 0.809. The number of carbonyl (C=O) groups is 1. The lowest BCUT2D eigenvalue weighted by molar-refractivity contribution is 0.0916. The van der Waals surface area contributed by atoms with Gasteiger partial charge in [-0.3, -0.25) is 14.9 Å². The van der Waals surface area contributed by atoms with Gasteiger partial charge in [-0.25, -0.2) is 4.98 Å². The normalized spacial score (nSPS) is 12.6. The van der Waals surface area contributed by atoms with E-state index in [1.807, 2.05) is 30.3 Å². The van der Waals surface area contributed by atoms with Gasteiger partial charge in [-0.2, -0.15) is 5.10 Å². The van der Waals surface area contributed by atoms with Crippen molar-refractivity contribution in [3.63, 3.8) is 0 Å². The summed E-state index contributed by atoms with van der Waals surface area (Å²) in [4.78, 5) is 22.0. The van der Waals surface area contributed by atoms with E-state index in [0.29, 0.717) is 11.4 Å². The van der Waals surface area contributed by atoms with Crippen LogP contribution in [-0.2, 0) is 0 Å². The van der Waals surface area contributed by atoms with Crippen molar-refractivity contribution in [2.45, 2.75) is 39.8 Å². The molecule has 3 aromatic heterocycles. The van der Waals surface area contributed by atoms with Crippen molar-refractivity contribution in [1.29, 1.82) is 0 Å². The van der Waals surface area contributed by atoms with Gasteiger partial charge in [-0.1, -0.05) is 26.0 Å². The maximum absolute atomic E-state index is 13.0. The number of carbonyl (C=O) groups excluding carboxylic acids is 1. The number of hydrogen-bond acceptors (Lipinski definition) is 4. The lowest BCUT2D eigenvalue weighted by Gasteiger charge is -2.24. The van der Waals surface area contributed by atoms with Crippen LogP contribution < -0.4 is 5.32 Å². The van der Waals surface area contributed by atoms with Crippen molar-refractivity contribution in [2.24, 2.45) is 5.92 Å². The van der Waals surface area contributed by atoms with Crippen molar-refractivity contribution in [3.05, 3.63) is 66.4 Å². The number of aromatic nitrogens is 5. The van der Waals surface area contributed by atoms with Gasteiger partial charge in [-0.15, -0.1) is 0 Å². The molecule has 0 aliphatic rings. The van der Waals surface area contributed by atoms with Gasteiger partial charge >= 0.3 is 0 Å². The van der Waals surface area contributed by atoms with Crippen LogP contribution >= 0.6 is 0 Å². The number of hydrogen-bond donors (Lipinski definition) is 2. The summed E-state index contributed by atoms with van der Waals surface area (Å²) >= 11 is 0. The third kappa shape index (κ3) is 3.70. The molecular formula is C23H26N6O. The molecule has 0 aliphatic carbocycles. The molecule has 1 amide bonds. The molecule has 0 saturated carbocycles. The number of fused-ring (bicyclic) bond motifs is 1. The molecule has 4 rings (SSSR count). The van der Waals surface area contributed by atoms with Gasteiger partial charge in [0.15, 0.2) is 0 Å². The fourth-order valence-corrected chi connectivity index (χ4v) is 3.67. The second-order valence-corrected chi connectivity index (χ2v) is 8.03. The molecule has 0 radical (unpaired) electrons. The van der Waals surface area contributed by atoms with Gasteiger partial charge in [-0.05, 0) is 50.1 Å². The molecular weight excluding hydrogens is 376 g/mol. The smallest absolute Gasteiger partial charge is 0.269 e. The zero-order valence-corrected chi connectivity index (χ0v) is 17.6. The first kappa shape index (κ1) is 19.8. The number of aromatic amines is 1. The van der Waals surface area contributed by atoms with Crippen molar-refractivity contribution in [2.75, 3.05) is 0 Å². The average molecular weight is 403 g/mol. The molecule has 7 nitrogen and oxygen atoms in total. The fraction of sp³-hybridized carbons (Fsp3) is 0.304. The monoisotopic (exact) mass is 402 g/mol. The van der Waals surface area contributed by atoms with E-state index >= 15 is 0 Å². The summed E-state index contributed by atoms with van der Waals surface area (Å²) in [6.07, 6.45) is 3.43.